The molecule has 0 saturated carbocycles. The Kier molecular flexibility index (Phi) is 7.92. The summed E-state index contributed by atoms with van der Waals surface area (Å²) in [6.07, 6.45) is 1.30. The largest absolute Gasteiger partial charge is 0.490 e. The van der Waals surface area contributed by atoms with Crippen molar-refractivity contribution in [1.29, 1.82) is 0 Å². The number of ether oxygens (including phenoxy) is 2. The minimum Gasteiger partial charge on any atom is -0.490 e. The van der Waals surface area contributed by atoms with Crippen molar-refractivity contribution < 1.29 is 18.7 Å². The third-order valence-corrected chi connectivity index (χ3v) is 4.55. The fourth-order valence-corrected chi connectivity index (χ4v) is 3.14. The minimum absolute atomic E-state index is 0.0448. The topological polar surface area (TPSA) is 84.0 Å². The summed E-state index contributed by atoms with van der Waals surface area (Å²) in [5, 5.41) is 9.26. The number of halogens is 1. The zero-order valence-electron chi connectivity index (χ0n) is 18.8. The van der Waals surface area contributed by atoms with Gasteiger partial charge >= 0.3 is 0 Å². The highest BCUT2D eigenvalue weighted by Crippen LogP contribution is 2.32. The van der Waals surface area contributed by atoms with Gasteiger partial charge in [-0.3, -0.25) is 4.79 Å². The second kappa shape index (κ2) is 10.8. The first-order chi connectivity index (χ1) is 15.3. The van der Waals surface area contributed by atoms with Gasteiger partial charge in [0.1, 0.15) is 12.4 Å². The third-order valence-electron chi connectivity index (χ3n) is 4.55. The van der Waals surface area contributed by atoms with Crippen LogP contribution in [0, 0.1) is 5.82 Å². The fraction of sp³-hybridized carbons (Fsp3) is 0.417. The van der Waals surface area contributed by atoms with Crippen LogP contribution in [0.1, 0.15) is 32.8 Å². The number of hydrogen-bond acceptors (Lipinski definition) is 4. The molecule has 0 aliphatic carbocycles. The predicted molar refractivity (Wildman–Crippen MR) is 124 cm³/mol. The molecule has 0 unspecified atom stereocenters. The van der Waals surface area contributed by atoms with E-state index in [0.717, 1.165) is 12.1 Å². The van der Waals surface area contributed by atoms with Gasteiger partial charge in [-0.25, -0.2) is 9.38 Å². The van der Waals surface area contributed by atoms with E-state index in [1.165, 1.54) is 6.07 Å². The summed E-state index contributed by atoms with van der Waals surface area (Å²) in [6.45, 7) is 7.35. The van der Waals surface area contributed by atoms with E-state index in [9.17, 15) is 9.18 Å². The van der Waals surface area contributed by atoms with Crippen LogP contribution in [-0.2, 0) is 11.2 Å². The SMILES string of the molecule is CC(C)(C)NC(=O)CN=C(NCCc1ccccc1F)Nc1ccc2c(c1)OCCCO2. The monoisotopic (exact) mass is 442 g/mol. The Labute approximate surface area is 188 Å². The molecule has 32 heavy (non-hydrogen) atoms. The number of anilines is 1. The molecule has 0 radical (unpaired) electrons. The van der Waals surface area contributed by atoms with Crippen LogP contribution in [0.25, 0.3) is 0 Å². The number of fused-ring (bicyclic) bond motifs is 1. The van der Waals surface area contributed by atoms with Gasteiger partial charge in [-0.15, -0.1) is 0 Å². The third kappa shape index (κ3) is 7.44. The first kappa shape index (κ1) is 23.4. The van der Waals surface area contributed by atoms with Crippen molar-refractivity contribution in [3.8, 4) is 11.5 Å². The van der Waals surface area contributed by atoms with Crippen LogP contribution in [0.5, 0.6) is 11.5 Å². The number of nitrogens with zero attached hydrogens (tertiary/aromatic N) is 1. The molecule has 8 heteroatoms. The highest BCUT2D eigenvalue weighted by atomic mass is 19.1. The Balaban J connectivity index is 1.69. The first-order valence-electron chi connectivity index (χ1n) is 10.8. The van der Waals surface area contributed by atoms with E-state index in [2.05, 4.69) is 20.9 Å². The molecule has 1 aliphatic rings. The molecule has 3 rings (SSSR count). The molecule has 0 bridgehead atoms. The highest BCUT2D eigenvalue weighted by molar-refractivity contribution is 5.95. The van der Waals surface area contributed by atoms with Crippen molar-refractivity contribution in [2.75, 3.05) is 31.6 Å². The van der Waals surface area contributed by atoms with Crippen molar-refractivity contribution >= 4 is 17.6 Å². The van der Waals surface area contributed by atoms with Crippen LogP contribution in [0.2, 0.25) is 0 Å². The lowest BCUT2D eigenvalue weighted by Crippen LogP contribution is -2.42. The maximum atomic E-state index is 13.9. The van der Waals surface area contributed by atoms with Gasteiger partial charge in [0.05, 0.1) is 13.2 Å². The number of guanidine groups is 1. The number of rotatable bonds is 6. The van der Waals surface area contributed by atoms with Crippen LogP contribution < -0.4 is 25.4 Å². The number of carbonyl (C=O) groups excluding carboxylic acids is 1. The Bertz CT molecular complexity index is 957. The van der Waals surface area contributed by atoms with Gasteiger partial charge < -0.3 is 25.4 Å². The second-order valence-corrected chi connectivity index (χ2v) is 8.57. The van der Waals surface area contributed by atoms with E-state index < -0.39 is 0 Å². The first-order valence-corrected chi connectivity index (χ1v) is 10.8. The van der Waals surface area contributed by atoms with Crippen molar-refractivity contribution in [2.24, 2.45) is 4.99 Å². The van der Waals surface area contributed by atoms with Crippen molar-refractivity contribution in [1.82, 2.24) is 10.6 Å². The number of nitrogens with one attached hydrogen (secondary N) is 3. The quantitative estimate of drug-likeness (QED) is 0.471. The number of aliphatic imine (C=N–C) groups is 1. The summed E-state index contributed by atoms with van der Waals surface area (Å²) >= 11 is 0. The molecule has 172 valence electrons. The number of hydrogen-bond donors (Lipinski definition) is 3. The van der Waals surface area contributed by atoms with Crippen LogP contribution in [0.3, 0.4) is 0 Å². The summed E-state index contributed by atoms with van der Waals surface area (Å²) in [7, 11) is 0. The zero-order chi connectivity index (χ0) is 23.0. The smallest absolute Gasteiger partial charge is 0.242 e. The second-order valence-electron chi connectivity index (χ2n) is 8.57. The molecule has 3 N–H and O–H groups in total. The molecule has 0 atom stereocenters. The van der Waals surface area contributed by atoms with Gasteiger partial charge in [0, 0.05) is 30.3 Å². The van der Waals surface area contributed by atoms with E-state index >= 15 is 0 Å². The maximum absolute atomic E-state index is 13.9. The van der Waals surface area contributed by atoms with Gasteiger partial charge in [0.15, 0.2) is 17.5 Å². The molecule has 1 aliphatic heterocycles. The Morgan fingerprint density at radius 2 is 1.84 bits per heavy atom. The van der Waals surface area contributed by atoms with Crippen LogP contribution >= 0.6 is 0 Å². The molecule has 2 aromatic carbocycles. The van der Waals surface area contributed by atoms with E-state index in [0.29, 0.717) is 49.2 Å². The van der Waals surface area contributed by atoms with E-state index in [1.54, 1.807) is 18.2 Å². The summed E-state index contributed by atoms with van der Waals surface area (Å²) in [5.41, 5.74) is 1.01. The number of amides is 1. The van der Waals surface area contributed by atoms with E-state index in [-0.39, 0.29) is 23.8 Å². The Hall–Kier alpha value is -3.29. The lowest BCUT2D eigenvalue weighted by Gasteiger charge is -2.20. The molecule has 1 heterocycles. The number of carbonyl (C=O) groups is 1. The molecule has 7 nitrogen and oxygen atoms in total. The molecule has 1 amide bonds. The zero-order valence-corrected chi connectivity index (χ0v) is 18.8. The minimum atomic E-state index is -0.340. The normalized spacial score (nSPS) is 13.8. The van der Waals surface area contributed by atoms with Crippen molar-refractivity contribution in [2.45, 2.75) is 39.2 Å². The fourth-order valence-electron chi connectivity index (χ4n) is 3.14. The van der Waals surface area contributed by atoms with Crippen LogP contribution in [0.4, 0.5) is 10.1 Å². The van der Waals surface area contributed by atoms with Gasteiger partial charge in [-0.2, -0.15) is 0 Å². The molecule has 0 spiro atoms. The van der Waals surface area contributed by atoms with E-state index in [4.69, 9.17) is 9.47 Å². The Morgan fingerprint density at radius 3 is 2.59 bits per heavy atom. The van der Waals surface area contributed by atoms with Gasteiger partial charge in [-0.1, -0.05) is 18.2 Å². The molecule has 0 saturated heterocycles. The van der Waals surface area contributed by atoms with Gasteiger partial charge in [-0.05, 0) is 51.0 Å². The van der Waals surface area contributed by atoms with Crippen molar-refractivity contribution in [3.05, 3.63) is 53.8 Å². The lowest BCUT2D eigenvalue weighted by atomic mass is 10.1. The summed E-state index contributed by atoms with van der Waals surface area (Å²) in [6, 6.07) is 12.2. The van der Waals surface area contributed by atoms with E-state index in [1.807, 2.05) is 39.0 Å². The van der Waals surface area contributed by atoms with Crippen LogP contribution in [-0.4, -0.2) is 43.7 Å². The average molecular weight is 443 g/mol. The molecule has 0 aromatic heterocycles. The van der Waals surface area contributed by atoms with Crippen LogP contribution in [0.15, 0.2) is 47.5 Å². The number of benzene rings is 2. The maximum Gasteiger partial charge on any atom is 0.242 e. The molecule has 0 fully saturated rings. The Morgan fingerprint density at radius 1 is 1.09 bits per heavy atom. The molecular weight excluding hydrogens is 411 g/mol. The summed E-state index contributed by atoms with van der Waals surface area (Å²) in [5.74, 6) is 1.34. The lowest BCUT2D eigenvalue weighted by molar-refractivity contribution is -0.121. The summed E-state index contributed by atoms with van der Waals surface area (Å²) < 4.78 is 25.3. The standard InChI is InChI=1S/C24H31FN4O3/c1-24(2,3)29-22(30)16-27-23(26-12-11-17-7-4-5-8-19(17)25)28-18-9-10-20-21(15-18)32-14-6-13-31-20/h4-5,7-10,15H,6,11-14,16H2,1-3H3,(H,29,30)(H2,26,27,28). The highest BCUT2D eigenvalue weighted by Gasteiger charge is 2.14. The predicted octanol–water partition coefficient (Wildman–Crippen LogP) is 3.50. The van der Waals surface area contributed by atoms with Gasteiger partial charge in [0.2, 0.25) is 5.91 Å². The van der Waals surface area contributed by atoms with Gasteiger partial charge in [0.25, 0.3) is 0 Å². The average Bonchev–Trinajstić information content (AvgIpc) is 2.97. The van der Waals surface area contributed by atoms with Crippen molar-refractivity contribution in [3.63, 3.8) is 0 Å². The summed E-state index contributed by atoms with van der Waals surface area (Å²) in [4.78, 5) is 16.6. The molecular formula is C24H31FN4O3. The molecule has 2 aromatic rings.